The molecule has 0 unspecified atom stereocenters. The van der Waals surface area contributed by atoms with Gasteiger partial charge in [0.05, 0.1) is 0 Å². The van der Waals surface area contributed by atoms with Crippen LogP contribution >= 0.6 is 0 Å². The average molecular weight is 292 g/mol. The second kappa shape index (κ2) is 9.95. The molecule has 0 heterocycles. The summed E-state index contributed by atoms with van der Waals surface area (Å²) in [4.78, 5) is 4.78. The SMILES string of the molecule is CCN(CC)CCCN(CC)Cc1ccccc1B(O)O. The van der Waals surface area contributed by atoms with Gasteiger partial charge in [-0.05, 0) is 50.2 Å². The fraction of sp³-hybridized carbons (Fsp3) is 0.625. The first kappa shape index (κ1) is 18.2. The first-order chi connectivity index (χ1) is 10.1. The van der Waals surface area contributed by atoms with E-state index in [2.05, 4.69) is 30.6 Å². The fourth-order valence-corrected chi connectivity index (χ4v) is 2.58. The summed E-state index contributed by atoms with van der Waals surface area (Å²) in [6, 6.07) is 7.55. The quantitative estimate of drug-likeness (QED) is 0.630. The maximum atomic E-state index is 9.43. The van der Waals surface area contributed by atoms with E-state index >= 15 is 0 Å². The summed E-state index contributed by atoms with van der Waals surface area (Å²) in [7, 11) is -1.39. The number of benzene rings is 1. The molecule has 1 aromatic rings. The maximum Gasteiger partial charge on any atom is 0.488 e. The molecule has 118 valence electrons. The molecule has 0 bridgehead atoms. The molecule has 0 atom stereocenters. The summed E-state index contributed by atoms with van der Waals surface area (Å²) in [6.07, 6.45) is 1.14. The van der Waals surface area contributed by atoms with Gasteiger partial charge < -0.3 is 14.9 Å². The Kier molecular flexibility index (Phi) is 8.61. The molecule has 0 radical (unpaired) electrons. The third kappa shape index (κ3) is 6.18. The number of nitrogens with zero attached hydrogens (tertiary/aromatic N) is 2. The highest BCUT2D eigenvalue weighted by molar-refractivity contribution is 6.59. The Labute approximate surface area is 129 Å². The molecule has 1 rings (SSSR count). The third-order valence-corrected chi connectivity index (χ3v) is 4.02. The average Bonchev–Trinajstić information content (AvgIpc) is 2.50. The predicted molar refractivity (Wildman–Crippen MR) is 89.6 cm³/mol. The monoisotopic (exact) mass is 292 g/mol. The van der Waals surface area contributed by atoms with Crippen molar-refractivity contribution in [3.63, 3.8) is 0 Å². The van der Waals surface area contributed by atoms with Gasteiger partial charge in [-0.2, -0.15) is 0 Å². The van der Waals surface area contributed by atoms with Crippen molar-refractivity contribution in [1.29, 1.82) is 0 Å². The second-order valence-corrected chi connectivity index (χ2v) is 5.32. The lowest BCUT2D eigenvalue weighted by Gasteiger charge is -2.24. The summed E-state index contributed by atoms with van der Waals surface area (Å²) in [6.45, 7) is 12.6. The van der Waals surface area contributed by atoms with Gasteiger partial charge in [0, 0.05) is 6.54 Å². The van der Waals surface area contributed by atoms with Crippen molar-refractivity contribution in [2.75, 3.05) is 32.7 Å². The highest BCUT2D eigenvalue weighted by Crippen LogP contribution is 2.04. The van der Waals surface area contributed by atoms with Gasteiger partial charge in [-0.1, -0.05) is 45.0 Å². The van der Waals surface area contributed by atoms with Crippen molar-refractivity contribution in [3.05, 3.63) is 29.8 Å². The highest BCUT2D eigenvalue weighted by Gasteiger charge is 2.16. The summed E-state index contributed by atoms with van der Waals surface area (Å²) >= 11 is 0. The van der Waals surface area contributed by atoms with E-state index in [9.17, 15) is 10.0 Å². The molecule has 0 saturated heterocycles. The maximum absolute atomic E-state index is 9.43. The van der Waals surface area contributed by atoms with E-state index in [1.807, 2.05) is 18.2 Å². The third-order valence-electron chi connectivity index (χ3n) is 4.02. The minimum atomic E-state index is -1.39. The van der Waals surface area contributed by atoms with Gasteiger partial charge >= 0.3 is 7.12 Å². The summed E-state index contributed by atoms with van der Waals surface area (Å²) < 4.78 is 0. The molecule has 0 aliphatic heterocycles. The molecule has 0 amide bonds. The standard InChI is InChI=1S/C16H29BN2O2/c1-4-18(5-2)12-9-13-19(6-3)14-15-10-7-8-11-16(15)17(20)21/h7-8,10-11,20-21H,4-6,9,12-14H2,1-3H3. The van der Waals surface area contributed by atoms with Crippen molar-refractivity contribution in [3.8, 4) is 0 Å². The zero-order chi connectivity index (χ0) is 15.7. The lowest BCUT2D eigenvalue weighted by Crippen LogP contribution is -2.36. The van der Waals surface area contributed by atoms with Crippen molar-refractivity contribution >= 4 is 12.6 Å². The van der Waals surface area contributed by atoms with E-state index in [1.54, 1.807) is 6.07 Å². The van der Waals surface area contributed by atoms with Gasteiger partial charge in [0.15, 0.2) is 0 Å². The number of rotatable bonds is 10. The van der Waals surface area contributed by atoms with Crippen LogP contribution in [0.2, 0.25) is 0 Å². The molecule has 5 heteroatoms. The molecular weight excluding hydrogens is 263 g/mol. The zero-order valence-corrected chi connectivity index (χ0v) is 13.6. The van der Waals surface area contributed by atoms with E-state index in [4.69, 9.17) is 0 Å². The molecule has 0 fully saturated rings. The fourth-order valence-electron chi connectivity index (χ4n) is 2.58. The molecule has 0 saturated carbocycles. The molecule has 0 aliphatic carbocycles. The van der Waals surface area contributed by atoms with E-state index in [-0.39, 0.29) is 0 Å². The Morgan fingerprint density at radius 3 is 2.05 bits per heavy atom. The summed E-state index contributed by atoms with van der Waals surface area (Å²) in [5.41, 5.74) is 1.61. The summed E-state index contributed by atoms with van der Waals surface area (Å²) in [5, 5.41) is 18.9. The van der Waals surface area contributed by atoms with Crippen molar-refractivity contribution in [1.82, 2.24) is 9.80 Å². The van der Waals surface area contributed by atoms with Gasteiger partial charge in [0.25, 0.3) is 0 Å². The Balaban J connectivity index is 2.54. The largest absolute Gasteiger partial charge is 0.488 e. The van der Waals surface area contributed by atoms with Gasteiger partial charge in [-0.25, -0.2) is 0 Å². The van der Waals surface area contributed by atoms with Crippen LogP contribution in [-0.2, 0) is 6.54 Å². The molecule has 0 spiro atoms. The van der Waals surface area contributed by atoms with Gasteiger partial charge in [-0.3, -0.25) is 4.90 Å². The number of hydrogen-bond donors (Lipinski definition) is 2. The Hall–Kier alpha value is -0.875. The zero-order valence-electron chi connectivity index (χ0n) is 13.6. The summed E-state index contributed by atoms with van der Waals surface area (Å²) in [5.74, 6) is 0. The topological polar surface area (TPSA) is 46.9 Å². The van der Waals surface area contributed by atoms with Gasteiger partial charge in [0.2, 0.25) is 0 Å². The van der Waals surface area contributed by atoms with E-state index in [0.717, 1.165) is 51.3 Å². The van der Waals surface area contributed by atoms with Crippen LogP contribution in [0.3, 0.4) is 0 Å². The van der Waals surface area contributed by atoms with Crippen LogP contribution in [0.15, 0.2) is 24.3 Å². The lowest BCUT2D eigenvalue weighted by atomic mass is 9.77. The highest BCUT2D eigenvalue weighted by atomic mass is 16.4. The van der Waals surface area contributed by atoms with Gasteiger partial charge in [-0.15, -0.1) is 0 Å². The van der Waals surface area contributed by atoms with Gasteiger partial charge in [0.1, 0.15) is 0 Å². The minimum Gasteiger partial charge on any atom is -0.423 e. The first-order valence-electron chi connectivity index (χ1n) is 8.00. The van der Waals surface area contributed by atoms with E-state index in [0.29, 0.717) is 5.46 Å². The van der Waals surface area contributed by atoms with E-state index in [1.165, 1.54) is 0 Å². The van der Waals surface area contributed by atoms with Crippen LogP contribution in [0, 0.1) is 0 Å². The molecule has 2 N–H and O–H groups in total. The minimum absolute atomic E-state index is 0.611. The van der Waals surface area contributed by atoms with E-state index < -0.39 is 7.12 Å². The Morgan fingerprint density at radius 1 is 0.905 bits per heavy atom. The molecule has 4 nitrogen and oxygen atoms in total. The molecule has 21 heavy (non-hydrogen) atoms. The van der Waals surface area contributed by atoms with Crippen LogP contribution < -0.4 is 5.46 Å². The van der Waals surface area contributed by atoms with Crippen molar-refractivity contribution in [2.24, 2.45) is 0 Å². The van der Waals surface area contributed by atoms with Crippen LogP contribution in [0.4, 0.5) is 0 Å². The van der Waals surface area contributed by atoms with Crippen molar-refractivity contribution < 1.29 is 10.0 Å². The molecule has 0 aliphatic rings. The van der Waals surface area contributed by atoms with Crippen LogP contribution in [-0.4, -0.2) is 59.7 Å². The second-order valence-electron chi connectivity index (χ2n) is 5.32. The Bertz CT molecular complexity index is 398. The predicted octanol–water partition coefficient (Wildman–Crippen LogP) is 0.920. The van der Waals surface area contributed by atoms with Crippen LogP contribution in [0.25, 0.3) is 0 Å². The smallest absolute Gasteiger partial charge is 0.423 e. The van der Waals surface area contributed by atoms with Crippen LogP contribution in [0.5, 0.6) is 0 Å². The molecular formula is C16H29BN2O2. The molecule has 0 aromatic heterocycles. The number of hydrogen-bond acceptors (Lipinski definition) is 4. The molecule has 1 aromatic carbocycles. The normalized spacial score (nSPS) is 11.4. The van der Waals surface area contributed by atoms with Crippen molar-refractivity contribution in [2.45, 2.75) is 33.7 Å². The lowest BCUT2D eigenvalue weighted by molar-refractivity contribution is 0.238. The van der Waals surface area contributed by atoms with Crippen LogP contribution in [0.1, 0.15) is 32.8 Å². The Morgan fingerprint density at radius 2 is 1.48 bits per heavy atom. The first-order valence-corrected chi connectivity index (χ1v) is 8.00.